The van der Waals surface area contributed by atoms with Crippen LogP contribution in [0.1, 0.15) is 18.0 Å². The third-order valence-electron chi connectivity index (χ3n) is 3.37. The van der Waals surface area contributed by atoms with Crippen LogP contribution in [0, 0.1) is 0 Å². The zero-order valence-corrected chi connectivity index (χ0v) is 11.6. The first-order chi connectivity index (χ1) is 9.29. The van der Waals surface area contributed by atoms with E-state index in [4.69, 9.17) is 0 Å². The van der Waals surface area contributed by atoms with E-state index in [9.17, 15) is 4.79 Å². The lowest BCUT2D eigenvalue weighted by Gasteiger charge is -2.21. The van der Waals surface area contributed by atoms with E-state index in [1.807, 2.05) is 30.0 Å². The van der Waals surface area contributed by atoms with Crippen molar-refractivity contribution in [1.29, 1.82) is 0 Å². The lowest BCUT2D eigenvalue weighted by molar-refractivity contribution is -0.127. The number of thiophene rings is 1. The molecular weight excluding hydrogens is 256 g/mol. The molecule has 4 heteroatoms. The smallest absolute Gasteiger partial charge is 0.238 e. The molecule has 1 aromatic carbocycles. The summed E-state index contributed by atoms with van der Waals surface area (Å²) >= 11 is 1.75. The van der Waals surface area contributed by atoms with Gasteiger partial charge in [0, 0.05) is 16.3 Å². The Morgan fingerprint density at radius 3 is 2.79 bits per heavy atom. The van der Waals surface area contributed by atoms with Gasteiger partial charge in [0.1, 0.15) is 6.17 Å². The first-order valence-corrected chi connectivity index (χ1v) is 7.29. The summed E-state index contributed by atoms with van der Waals surface area (Å²) in [5, 5.41) is 3.28. The van der Waals surface area contributed by atoms with Gasteiger partial charge in [-0.05, 0) is 24.6 Å². The molecule has 2 aromatic rings. The molecule has 0 bridgehead atoms. The van der Waals surface area contributed by atoms with Crippen molar-refractivity contribution in [3.8, 4) is 10.4 Å². The van der Waals surface area contributed by atoms with Crippen molar-refractivity contribution in [2.75, 3.05) is 13.1 Å². The Balaban J connectivity index is 1.88. The number of amides is 1. The predicted octanol–water partition coefficient (Wildman–Crippen LogP) is 2.87. The molecule has 1 aromatic heterocycles. The van der Waals surface area contributed by atoms with Crippen LogP contribution in [0.2, 0.25) is 0 Å². The molecule has 2 heterocycles. The van der Waals surface area contributed by atoms with Crippen LogP contribution >= 0.6 is 11.3 Å². The Bertz CT molecular complexity index is 579. The number of hydrogen-bond acceptors (Lipinski definition) is 3. The lowest BCUT2D eigenvalue weighted by Crippen LogP contribution is -2.29. The molecule has 0 radical (unpaired) electrons. The Labute approximate surface area is 116 Å². The average Bonchev–Trinajstić information content (AvgIpc) is 3.06. The number of benzene rings is 1. The fourth-order valence-corrected chi connectivity index (χ4v) is 3.51. The first kappa shape index (κ1) is 12.4. The van der Waals surface area contributed by atoms with E-state index in [1.54, 1.807) is 11.3 Å². The number of carbonyl (C=O) groups excluding carboxylic acids is 1. The van der Waals surface area contributed by atoms with Crippen molar-refractivity contribution >= 4 is 17.2 Å². The summed E-state index contributed by atoms with van der Waals surface area (Å²) < 4.78 is 0. The topological polar surface area (TPSA) is 32.3 Å². The Morgan fingerprint density at radius 1 is 1.26 bits per heavy atom. The fraction of sp³-hybridized carbons (Fsp3) is 0.267. The van der Waals surface area contributed by atoms with Gasteiger partial charge < -0.3 is 4.90 Å². The molecule has 3 rings (SSSR count). The van der Waals surface area contributed by atoms with Crippen LogP contribution in [-0.2, 0) is 4.79 Å². The highest BCUT2D eigenvalue weighted by Gasteiger charge is 2.31. The van der Waals surface area contributed by atoms with E-state index in [-0.39, 0.29) is 12.1 Å². The first-order valence-electron chi connectivity index (χ1n) is 6.47. The van der Waals surface area contributed by atoms with Crippen molar-refractivity contribution in [1.82, 2.24) is 10.2 Å². The minimum Gasteiger partial charge on any atom is -0.321 e. The molecule has 0 spiro atoms. The number of nitrogens with zero attached hydrogens (tertiary/aromatic N) is 1. The van der Waals surface area contributed by atoms with E-state index in [2.05, 4.69) is 29.6 Å². The van der Waals surface area contributed by atoms with Crippen LogP contribution < -0.4 is 5.32 Å². The Kier molecular flexibility index (Phi) is 3.36. The summed E-state index contributed by atoms with van der Waals surface area (Å²) in [6.07, 6.45) is 0.0416. The quantitative estimate of drug-likeness (QED) is 0.932. The average molecular weight is 272 g/mol. The van der Waals surface area contributed by atoms with E-state index in [1.165, 1.54) is 15.3 Å². The molecule has 19 heavy (non-hydrogen) atoms. The van der Waals surface area contributed by atoms with Crippen molar-refractivity contribution in [2.24, 2.45) is 0 Å². The molecule has 1 aliphatic rings. The third kappa shape index (κ3) is 2.29. The maximum Gasteiger partial charge on any atom is 0.238 e. The monoisotopic (exact) mass is 272 g/mol. The van der Waals surface area contributed by atoms with Crippen molar-refractivity contribution in [3.05, 3.63) is 47.3 Å². The molecule has 0 saturated carbocycles. The van der Waals surface area contributed by atoms with Gasteiger partial charge in [-0.1, -0.05) is 30.3 Å². The molecule has 0 aliphatic carbocycles. The van der Waals surface area contributed by atoms with Crippen LogP contribution in [0.5, 0.6) is 0 Å². The second kappa shape index (κ2) is 5.15. The molecule has 1 N–H and O–H groups in total. The second-order valence-electron chi connectivity index (χ2n) is 4.53. The van der Waals surface area contributed by atoms with E-state index in [0.717, 1.165) is 6.54 Å². The standard InChI is InChI=1S/C15H16N2OS/c1-2-17-14(18)10-16-15(17)13-9-8-12(19-13)11-6-4-3-5-7-11/h3-9,15-16H,2,10H2,1H3. The lowest BCUT2D eigenvalue weighted by atomic mass is 10.2. The van der Waals surface area contributed by atoms with Gasteiger partial charge in [0.05, 0.1) is 6.54 Å². The SMILES string of the molecule is CCN1C(=O)CNC1c1ccc(-c2ccccc2)s1. The summed E-state index contributed by atoms with van der Waals surface area (Å²) in [6, 6.07) is 14.6. The van der Waals surface area contributed by atoms with Crippen molar-refractivity contribution in [2.45, 2.75) is 13.1 Å². The van der Waals surface area contributed by atoms with Gasteiger partial charge in [0.15, 0.2) is 0 Å². The number of carbonyl (C=O) groups is 1. The Hall–Kier alpha value is -1.65. The number of nitrogens with one attached hydrogen (secondary N) is 1. The van der Waals surface area contributed by atoms with Gasteiger partial charge >= 0.3 is 0 Å². The highest BCUT2D eigenvalue weighted by Crippen LogP contribution is 2.33. The molecule has 1 atom stereocenters. The molecule has 1 unspecified atom stereocenters. The van der Waals surface area contributed by atoms with E-state index >= 15 is 0 Å². The largest absolute Gasteiger partial charge is 0.321 e. The highest BCUT2D eigenvalue weighted by molar-refractivity contribution is 7.15. The normalized spacial score (nSPS) is 19.1. The van der Waals surface area contributed by atoms with Crippen LogP contribution in [-0.4, -0.2) is 23.9 Å². The molecule has 1 saturated heterocycles. The summed E-state index contributed by atoms with van der Waals surface area (Å²) in [4.78, 5) is 16.1. The van der Waals surface area contributed by atoms with Crippen LogP contribution in [0.3, 0.4) is 0 Å². The molecule has 1 fully saturated rings. The molecule has 1 aliphatic heterocycles. The maximum absolute atomic E-state index is 11.7. The molecular formula is C15H16N2OS. The predicted molar refractivity (Wildman–Crippen MR) is 77.9 cm³/mol. The minimum absolute atomic E-state index is 0.0416. The zero-order valence-electron chi connectivity index (χ0n) is 10.8. The van der Waals surface area contributed by atoms with Crippen LogP contribution in [0.25, 0.3) is 10.4 Å². The molecule has 3 nitrogen and oxygen atoms in total. The van der Waals surface area contributed by atoms with Crippen molar-refractivity contribution < 1.29 is 4.79 Å². The maximum atomic E-state index is 11.7. The van der Waals surface area contributed by atoms with Crippen LogP contribution in [0.4, 0.5) is 0 Å². The van der Waals surface area contributed by atoms with Gasteiger partial charge in [-0.25, -0.2) is 0 Å². The van der Waals surface area contributed by atoms with Gasteiger partial charge in [-0.15, -0.1) is 11.3 Å². The molecule has 1 amide bonds. The van der Waals surface area contributed by atoms with Gasteiger partial charge in [0.25, 0.3) is 0 Å². The highest BCUT2D eigenvalue weighted by atomic mass is 32.1. The number of hydrogen-bond donors (Lipinski definition) is 1. The Morgan fingerprint density at radius 2 is 2.05 bits per heavy atom. The minimum atomic E-state index is 0.0416. The van der Waals surface area contributed by atoms with Gasteiger partial charge in [-0.2, -0.15) is 0 Å². The van der Waals surface area contributed by atoms with Gasteiger partial charge in [0.2, 0.25) is 5.91 Å². The van der Waals surface area contributed by atoms with E-state index < -0.39 is 0 Å². The number of likely N-dealkylation sites (N-methyl/N-ethyl adjacent to an activating group) is 1. The fourth-order valence-electron chi connectivity index (χ4n) is 2.41. The summed E-state index contributed by atoms with van der Waals surface area (Å²) in [5.41, 5.74) is 1.23. The summed E-state index contributed by atoms with van der Waals surface area (Å²) in [6.45, 7) is 3.20. The van der Waals surface area contributed by atoms with Gasteiger partial charge in [-0.3, -0.25) is 10.1 Å². The zero-order chi connectivity index (χ0) is 13.2. The van der Waals surface area contributed by atoms with Crippen molar-refractivity contribution in [3.63, 3.8) is 0 Å². The molecule has 98 valence electrons. The van der Waals surface area contributed by atoms with Crippen LogP contribution in [0.15, 0.2) is 42.5 Å². The number of rotatable bonds is 3. The summed E-state index contributed by atoms with van der Waals surface area (Å²) in [5.74, 6) is 0.183. The summed E-state index contributed by atoms with van der Waals surface area (Å²) in [7, 11) is 0. The third-order valence-corrected chi connectivity index (χ3v) is 4.56. The second-order valence-corrected chi connectivity index (χ2v) is 5.65. The van der Waals surface area contributed by atoms with E-state index in [0.29, 0.717) is 6.54 Å².